The Balaban J connectivity index is 2.49. The Hall–Kier alpha value is -2.03. The lowest BCUT2D eigenvalue weighted by Gasteiger charge is -2.07. The third kappa shape index (κ3) is 4.55. The number of para-hydroxylation sites is 1. The van der Waals surface area contributed by atoms with Gasteiger partial charge < -0.3 is 9.84 Å². The lowest BCUT2D eigenvalue weighted by Crippen LogP contribution is -2.03. The van der Waals surface area contributed by atoms with E-state index < -0.39 is 5.97 Å². The van der Waals surface area contributed by atoms with Crippen molar-refractivity contribution in [3.63, 3.8) is 0 Å². The maximum Gasteiger partial charge on any atom is 0.339 e. The Labute approximate surface area is 101 Å². The van der Waals surface area contributed by atoms with Gasteiger partial charge in [0.05, 0.1) is 6.61 Å². The first-order valence-electron chi connectivity index (χ1n) is 5.48. The maximum atomic E-state index is 10.9. The van der Waals surface area contributed by atoms with Crippen molar-refractivity contribution in [3.8, 4) is 5.75 Å². The summed E-state index contributed by atoms with van der Waals surface area (Å²) >= 11 is 0. The van der Waals surface area contributed by atoms with Crippen molar-refractivity contribution < 1.29 is 14.6 Å². The second-order valence-corrected chi connectivity index (χ2v) is 3.39. The number of benzene rings is 1. The molecule has 3 nitrogen and oxygen atoms in total. The number of aromatic carboxylic acids is 1. The minimum atomic E-state index is -0.968. The number of carboxylic acids is 1. The molecule has 0 amide bonds. The molecule has 0 fully saturated rings. The molecule has 1 rings (SSSR count). The SMILES string of the molecule is C/C=C/C=C\CCOc1ccccc1C(=O)O. The second-order valence-electron chi connectivity index (χ2n) is 3.39. The summed E-state index contributed by atoms with van der Waals surface area (Å²) in [6, 6.07) is 6.64. The first-order valence-corrected chi connectivity index (χ1v) is 5.48. The standard InChI is InChI=1S/C14H16O3/c1-2-3-4-5-8-11-17-13-10-7-6-9-12(13)14(15)16/h2-7,9-10H,8,11H2,1H3,(H,15,16)/b3-2+,5-4-. The van der Waals surface area contributed by atoms with Crippen LogP contribution in [0.5, 0.6) is 5.75 Å². The van der Waals surface area contributed by atoms with Gasteiger partial charge in [-0.15, -0.1) is 0 Å². The summed E-state index contributed by atoms with van der Waals surface area (Å²) < 4.78 is 5.42. The summed E-state index contributed by atoms with van der Waals surface area (Å²) in [5.74, 6) is -0.551. The number of ether oxygens (including phenoxy) is 1. The van der Waals surface area contributed by atoms with Gasteiger partial charge in [-0.1, -0.05) is 36.4 Å². The van der Waals surface area contributed by atoms with Gasteiger partial charge in [0.25, 0.3) is 0 Å². The van der Waals surface area contributed by atoms with E-state index in [0.29, 0.717) is 12.4 Å². The number of allylic oxidation sites excluding steroid dienone is 3. The van der Waals surface area contributed by atoms with E-state index in [1.165, 1.54) is 6.07 Å². The molecule has 0 aromatic heterocycles. The van der Waals surface area contributed by atoms with Crippen LogP contribution in [-0.4, -0.2) is 17.7 Å². The summed E-state index contributed by atoms with van der Waals surface area (Å²) in [6.07, 6.45) is 8.54. The van der Waals surface area contributed by atoms with Gasteiger partial charge in [-0.05, 0) is 25.5 Å². The normalized spacial score (nSPS) is 11.1. The van der Waals surface area contributed by atoms with Gasteiger partial charge in [-0.2, -0.15) is 0 Å². The van der Waals surface area contributed by atoms with Crippen molar-refractivity contribution in [1.82, 2.24) is 0 Å². The molecule has 17 heavy (non-hydrogen) atoms. The molecule has 0 aliphatic carbocycles. The van der Waals surface area contributed by atoms with E-state index in [9.17, 15) is 4.79 Å². The fourth-order valence-electron chi connectivity index (χ4n) is 1.29. The van der Waals surface area contributed by atoms with E-state index in [4.69, 9.17) is 9.84 Å². The first kappa shape index (κ1) is 13.0. The molecule has 1 N–H and O–H groups in total. The highest BCUT2D eigenvalue weighted by Crippen LogP contribution is 2.17. The molecule has 1 aromatic rings. The molecule has 3 heteroatoms. The highest BCUT2D eigenvalue weighted by molar-refractivity contribution is 5.90. The van der Waals surface area contributed by atoms with Gasteiger partial charge in [-0.3, -0.25) is 0 Å². The fourth-order valence-corrected chi connectivity index (χ4v) is 1.29. The average Bonchev–Trinajstić information content (AvgIpc) is 2.34. The highest BCUT2D eigenvalue weighted by atomic mass is 16.5. The lowest BCUT2D eigenvalue weighted by atomic mass is 10.2. The third-order valence-corrected chi connectivity index (χ3v) is 2.10. The van der Waals surface area contributed by atoms with E-state index in [1.54, 1.807) is 18.2 Å². The van der Waals surface area contributed by atoms with E-state index in [-0.39, 0.29) is 5.56 Å². The van der Waals surface area contributed by atoms with Crippen LogP contribution in [0.25, 0.3) is 0 Å². The molecule has 0 aliphatic rings. The molecule has 0 saturated carbocycles. The van der Waals surface area contributed by atoms with E-state index >= 15 is 0 Å². The Morgan fingerprint density at radius 3 is 2.82 bits per heavy atom. The van der Waals surface area contributed by atoms with Crippen LogP contribution in [0.15, 0.2) is 48.6 Å². The van der Waals surface area contributed by atoms with Crippen LogP contribution in [0, 0.1) is 0 Å². The number of rotatable bonds is 6. The molecule has 0 aliphatic heterocycles. The molecule has 0 radical (unpaired) electrons. The first-order chi connectivity index (χ1) is 8.25. The van der Waals surface area contributed by atoms with Crippen LogP contribution in [0.1, 0.15) is 23.7 Å². The average molecular weight is 232 g/mol. The molecule has 1 aromatic carbocycles. The minimum Gasteiger partial charge on any atom is -0.492 e. The Morgan fingerprint density at radius 2 is 2.12 bits per heavy atom. The zero-order valence-corrected chi connectivity index (χ0v) is 9.80. The molecule has 0 unspecified atom stereocenters. The smallest absolute Gasteiger partial charge is 0.339 e. The molecule has 0 spiro atoms. The summed E-state index contributed by atoms with van der Waals surface area (Å²) in [5.41, 5.74) is 0.199. The monoisotopic (exact) mass is 232 g/mol. The largest absolute Gasteiger partial charge is 0.492 e. The molecule has 0 atom stereocenters. The third-order valence-electron chi connectivity index (χ3n) is 2.10. The summed E-state index contributed by atoms with van der Waals surface area (Å²) in [6.45, 7) is 2.42. The molecule has 0 heterocycles. The summed E-state index contributed by atoms with van der Waals surface area (Å²) in [5, 5.41) is 8.94. The topological polar surface area (TPSA) is 46.5 Å². The van der Waals surface area contributed by atoms with Crippen molar-refractivity contribution in [2.45, 2.75) is 13.3 Å². The van der Waals surface area contributed by atoms with Crippen molar-refractivity contribution in [1.29, 1.82) is 0 Å². The maximum absolute atomic E-state index is 10.9. The molecular weight excluding hydrogens is 216 g/mol. The van der Waals surface area contributed by atoms with E-state index in [1.807, 2.05) is 31.2 Å². The van der Waals surface area contributed by atoms with Crippen LogP contribution in [0.2, 0.25) is 0 Å². The van der Waals surface area contributed by atoms with Gasteiger partial charge in [0.15, 0.2) is 0 Å². The molecular formula is C14H16O3. The van der Waals surface area contributed by atoms with E-state index in [0.717, 1.165) is 6.42 Å². The number of hydrogen-bond acceptors (Lipinski definition) is 2. The van der Waals surface area contributed by atoms with Gasteiger partial charge in [-0.25, -0.2) is 4.79 Å². The Morgan fingerprint density at radius 1 is 1.35 bits per heavy atom. The van der Waals surface area contributed by atoms with Gasteiger partial charge in [0.1, 0.15) is 11.3 Å². The second kappa shape index (κ2) is 7.28. The van der Waals surface area contributed by atoms with Crippen LogP contribution in [0.4, 0.5) is 0 Å². The predicted molar refractivity (Wildman–Crippen MR) is 67.5 cm³/mol. The van der Waals surface area contributed by atoms with Crippen LogP contribution < -0.4 is 4.74 Å². The van der Waals surface area contributed by atoms with Crippen molar-refractivity contribution in [3.05, 3.63) is 54.1 Å². The summed E-state index contributed by atoms with van der Waals surface area (Å²) in [7, 11) is 0. The zero-order valence-electron chi connectivity index (χ0n) is 9.80. The highest BCUT2D eigenvalue weighted by Gasteiger charge is 2.09. The Kier molecular flexibility index (Phi) is 5.58. The lowest BCUT2D eigenvalue weighted by molar-refractivity contribution is 0.0692. The minimum absolute atomic E-state index is 0.199. The van der Waals surface area contributed by atoms with E-state index in [2.05, 4.69) is 0 Å². The van der Waals surface area contributed by atoms with Crippen molar-refractivity contribution in [2.24, 2.45) is 0 Å². The van der Waals surface area contributed by atoms with Crippen LogP contribution >= 0.6 is 0 Å². The number of hydrogen-bond donors (Lipinski definition) is 1. The van der Waals surface area contributed by atoms with Crippen LogP contribution in [0.3, 0.4) is 0 Å². The molecule has 0 saturated heterocycles. The van der Waals surface area contributed by atoms with Gasteiger partial charge in [0.2, 0.25) is 0 Å². The van der Waals surface area contributed by atoms with Crippen LogP contribution in [-0.2, 0) is 0 Å². The Bertz CT molecular complexity index is 419. The van der Waals surface area contributed by atoms with Crippen molar-refractivity contribution >= 4 is 5.97 Å². The quantitative estimate of drug-likeness (QED) is 0.604. The number of carbonyl (C=O) groups is 1. The molecule has 90 valence electrons. The molecule has 0 bridgehead atoms. The number of carboxylic acid groups (broad SMARTS) is 1. The van der Waals surface area contributed by atoms with Crippen molar-refractivity contribution in [2.75, 3.05) is 6.61 Å². The predicted octanol–water partition coefficient (Wildman–Crippen LogP) is 3.29. The van der Waals surface area contributed by atoms with Gasteiger partial charge in [0, 0.05) is 0 Å². The van der Waals surface area contributed by atoms with Gasteiger partial charge >= 0.3 is 5.97 Å². The zero-order chi connectivity index (χ0) is 12.5. The summed E-state index contributed by atoms with van der Waals surface area (Å²) in [4.78, 5) is 10.9. The fraction of sp³-hybridized carbons (Fsp3) is 0.214.